The van der Waals surface area contributed by atoms with E-state index in [-0.39, 0.29) is 12.2 Å². The van der Waals surface area contributed by atoms with Crippen LogP contribution < -0.4 is 21.2 Å². The summed E-state index contributed by atoms with van der Waals surface area (Å²) in [5.41, 5.74) is 9.15. The first kappa shape index (κ1) is 18.3. The van der Waals surface area contributed by atoms with Gasteiger partial charge in [0, 0.05) is 0 Å². The van der Waals surface area contributed by atoms with E-state index < -0.39 is 6.03 Å². The minimum Gasteiger partial charge on any atom is -0.492 e. The van der Waals surface area contributed by atoms with Crippen LogP contribution in [-0.2, 0) is 4.74 Å². The monoisotopic (exact) mass is 384 g/mol. The number of aromatic nitrogens is 1. The van der Waals surface area contributed by atoms with Crippen molar-refractivity contribution in [2.24, 2.45) is 16.6 Å². The maximum atomic E-state index is 10.8. The second-order valence-electron chi connectivity index (χ2n) is 7.15. The number of ether oxygens (including phenoxy) is 2. The summed E-state index contributed by atoms with van der Waals surface area (Å²) in [6.45, 7) is 2.89. The van der Waals surface area contributed by atoms with Crippen molar-refractivity contribution in [2.45, 2.75) is 32.0 Å². The minimum atomic E-state index is -0.573. The molecule has 3 aliphatic rings. The number of nitrogens with one attached hydrogen (secondary N) is 2. The fraction of sp³-hybridized carbons (Fsp3) is 0.421. The van der Waals surface area contributed by atoms with Crippen LogP contribution >= 0.6 is 0 Å². The van der Waals surface area contributed by atoms with Crippen molar-refractivity contribution in [3.63, 3.8) is 0 Å². The Morgan fingerprint density at radius 1 is 1.39 bits per heavy atom. The van der Waals surface area contributed by atoms with Crippen LogP contribution in [0.4, 0.5) is 4.79 Å². The molecule has 148 valence electrons. The van der Waals surface area contributed by atoms with Crippen molar-refractivity contribution in [3.8, 4) is 5.75 Å². The lowest BCUT2D eigenvalue weighted by molar-refractivity contribution is 0.202. The Bertz CT molecular complexity index is 815. The summed E-state index contributed by atoms with van der Waals surface area (Å²) in [7, 11) is 0. The zero-order valence-electron chi connectivity index (χ0n) is 15.7. The van der Waals surface area contributed by atoms with Gasteiger partial charge in [0.1, 0.15) is 24.0 Å². The molecule has 4 rings (SSSR count). The van der Waals surface area contributed by atoms with Crippen LogP contribution in [0.15, 0.2) is 47.4 Å². The molecule has 0 radical (unpaired) electrons. The fourth-order valence-corrected chi connectivity index (χ4v) is 2.84. The van der Waals surface area contributed by atoms with Crippen LogP contribution in [0.5, 0.6) is 5.75 Å². The van der Waals surface area contributed by atoms with Gasteiger partial charge >= 0.3 is 6.03 Å². The molecule has 1 aromatic heterocycles. The van der Waals surface area contributed by atoms with Crippen LogP contribution in [0, 0.1) is 5.92 Å². The van der Waals surface area contributed by atoms with Crippen molar-refractivity contribution in [1.82, 2.24) is 20.7 Å². The third kappa shape index (κ3) is 4.61. The van der Waals surface area contributed by atoms with Gasteiger partial charge in [-0.1, -0.05) is 0 Å². The Hall–Kier alpha value is -3.07. The second kappa shape index (κ2) is 7.89. The number of urea groups is 1. The molecule has 1 saturated carbocycles. The molecule has 0 saturated heterocycles. The van der Waals surface area contributed by atoms with Gasteiger partial charge in [-0.3, -0.25) is 9.99 Å². The summed E-state index contributed by atoms with van der Waals surface area (Å²) in [6, 6.07) is 2.93. The van der Waals surface area contributed by atoms with Gasteiger partial charge in [-0.05, 0) is 50.0 Å². The minimum absolute atomic E-state index is 0.189. The molecule has 2 atom stereocenters. The van der Waals surface area contributed by atoms with E-state index in [4.69, 9.17) is 15.2 Å². The van der Waals surface area contributed by atoms with E-state index in [9.17, 15) is 4.79 Å². The Morgan fingerprint density at radius 3 is 2.96 bits per heavy atom. The summed E-state index contributed by atoms with van der Waals surface area (Å²) in [5.74, 6) is 2.97. The number of allylic oxidation sites excluding steroid dienone is 1. The van der Waals surface area contributed by atoms with E-state index in [0.717, 1.165) is 23.9 Å². The number of primary amides is 1. The molecule has 28 heavy (non-hydrogen) atoms. The molecule has 9 heteroatoms. The van der Waals surface area contributed by atoms with Crippen LogP contribution in [-0.4, -0.2) is 41.1 Å². The molecule has 1 fully saturated rings. The number of hydrogen-bond donors (Lipinski definition) is 3. The molecule has 1 aromatic rings. The first-order chi connectivity index (χ1) is 13.6. The van der Waals surface area contributed by atoms with Gasteiger partial charge < -0.3 is 20.5 Å². The molecule has 2 amide bonds. The Balaban J connectivity index is 1.31. The number of carbonyl (C=O) groups is 1. The third-order valence-corrected chi connectivity index (χ3v) is 4.53. The number of fused-ring (bicyclic) bond motifs is 1. The Kier molecular flexibility index (Phi) is 5.16. The lowest BCUT2D eigenvalue weighted by Crippen LogP contribution is -2.40. The predicted octanol–water partition coefficient (Wildman–Crippen LogP) is 1.57. The molecule has 1 unspecified atom stereocenters. The van der Waals surface area contributed by atoms with Crippen molar-refractivity contribution in [1.29, 1.82) is 0 Å². The number of nitrogens with two attached hydrogens (primary N) is 1. The molecule has 4 N–H and O–H groups in total. The molecule has 0 bridgehead atoms. The summed E-state index contributed by atoms with van der Waals surface area (Å²) in [5, 5.41) is 4.42. The van der Waals surface area contributed by atoms with Gasteiger partial charge in [-0.2, -0.15) is 5.43 Å². The molecule has 1 aliphatic carbocycles. The lowest BCUT2D eigenvalue weighted by Gasteiger charge is -2.20. The molecular weight excluding hydrogens is 360 g/mol. The highest BCUT2D eigenvalue weighted by atomic mass is 16.5. The van der Waals surface area contributed by atoms with Crippen LogP contribution in [0.3, 0.4) is 0 Å². The highest BCUT2D eigenvalue weighted by Gasteiger charge is 2.27. The number of rotatable bonds is 8. The van der Waals surface area contributed by atoms with E-state index in [1.807, 2.05) is 42.4 Å². The summed E-state index contributed by atoms with van der Waals surface area (Å²) in [6.07, 6.45) is 9.67. The van der Waals surface area contributed by atoms with Gasteiger partial charge in [-0.15, -0.1) is 0 Å². The maximum Gasteiger partial charge on any atom is 0.312 e. The SMILES string of the molecule is C[C@@H](COc1ccc(C2N=C3C=CC(OCC4CC4)=CN3N2)nc1)NC(N)=O. The van der Waals surface area contributed by atoms with Gasteiger partial charge in [-0.25, -0.2) is 9.79 Å². The number of hydrazine groups is 1. The number of amides is 2. The van der Waals surface area contributed by atoms with Crippen molar-refractivity contribution >= 4 is 11.9 Å². The van der Waals surface area contributed by atoms with Crippen molar-refractivity contribution in [3.05, 3.63) is 48.1 Å². The lowest BCUT2D eigenvalue weighted by atomic mass is 10.3. The van der Waals surface area contributed by atoms with Crippen molar-refractivity contribution in [2.75, 3.05) is 13.2 Å². The number of nitrogens with zero attached hydrogens (tertiary/aromatic N) is 3. The highest BCUT2D eigenvalue weighted by molar-refractivity contribution is 5.95. The van der Waals surface area contributed by atoms with Gasteiger partial charge in [0.15, 0.2) is 6.17 Å². The number of amidine groups is 1. The van der Waals surface area contributed by atoms with E-state index >= 15 is 0 Å². The largest absolute Gasteiger partial charge is 0.492 e. The maximum absolute atomic E-state index is 10.8. The first-order valence-corrected chi connectivity index (χ1v) is 9.37. The molecular formula is C19H24N6O3. The Labute approximate surface area is 163 Å². The quantitative estimate of drug-likeness (QED) is 0.627. The smallest absolute Gasteiger partial charge is 0.312 e. The fourth-order valence-electron chi connectivity index (χ4n) is 2.84. The van der Waals surface area contributed by atoms with Crippen LogP contribution in [0.1, 0.15) is 31.6 Å². The van der Waals surface area contributed by atoms with Crippen molar-refractivity contribution < 1.29 is 14.3 Å². The molecule has 2 aliphatic heterocycles. The first-order valence-electron chi connectivity index (χ1n) is 9.37. The number of aliphatic imine (C=N–C) groups is 1. The van der Waals surface area contributed by atoms with Crippen LogP contribution in [0.25, 0.3) is 0 Å². The molecule has 0 aromatic carbocycles. The molecule has 9 nitrogen and oxygen atoms in total. The van der Waals surface area contributed by atoms with Gasteiger partial charge in [0.2, 0.25) is 0 Å². The standard InChI is InChI=1S/C19H24N6O3/c1-12(22-19(20)26)10-27-14-4-6-16(21-8-14)18-23-17-7-5-15(9-25(17)24-18)28-11-13-2-3-13/h4-9,12-13,18,24H,2-3,10-11H2,1H3,(H3,20,22,26)/t12-,18?/m0/s1. The summed E-state index contributed by atoms with van der Waals surface area (Å²) in [4.78, 5) is 19.9. The highest BCUT2D eigenvalue weighted by Crippen LogP contribution is 2.30. The predicted molar refractivity (Wildman–Crippen MR) is 103 cm³/mol. The number of pyridine rings is 1. The van der Waals surface area contributed by atoms with Crippen LogP contribution in [0.2, 0.25) is 0 Å². The van der Waals surface area contributed by atoms with E-state index in [1.54, 1.807) is 6.20 Å². The average Bonchev–Trinajstić information content (AvgIpc) is 3.41. The average molecular weight is 384 g/mol. The molecule has 0 spiro atoms. The van der Waals surface area contributed by atoms with E-state index in [1.165, 1.54) is 12.8 Å². The van der Waals surface area contributed by atoms with E-state index in [0.29, 0.717) is 18.3 Å². The zero-order chi connectivity index (χ0) is 19.5. The van der Waals surface area contributed by atoms with Gasteiger partial charge in [0.05, 0.1) is 30.7 Å². The summed E-state index contributed by atoms with van der Waals surface area (Å²) >= 11 is 0. The number of carbonyl (C=O) groups excluding carboxylic acids is 1. The Morgan fingerprint density at radius 2 is 2.25 bits per heavy atom. The zero-order valence-corrected chi connectivity index (χ0v) is 15.7. The topological polar surface area (TPSA) is 114 Å². The second-order valence-corrected chi connectivity index (χ2v) is 7.15. The normalized spacial score (nSPS) is 21.5. The summed E-state index contributed by atoms with van der Waals surface area (Å²) < 4.78 is 11.4. The van der Waals surface area contributed by atoms with Gasteiger partial charge in [0.25, 0.3) is 0 Å². The number of hydrogen-bond acceptors (Lipinski definition) is 7. The van der Waals surface area contributed by atoms with E-state index in [2.05, 4.69) is 20.7 Å². The molecule has 3 heterocycles. The third-order valence-electron chi connectivity index (χ3n) is 4.53.